The maximum atomic E-state index is 12.8. The Hall–Kier alpha value is -3.31. The number of amides is 1. The van der Waals surface area contributed by atoms with E-state index in [0.29, 0.717) is 35.8 Å². The van der Waals surface area contributed by atoms with E-state index < -0.39 is 15.8 Å². The Morgan fingerprint density at radius 3 is 2.55 bits per heavy atom. The standard InChI is InChI=1S/C22H25N3O7S/c1-30-15-5-8-19(31-2)17(13-15)23-21(26)9-12-25-18-7-6-16(14-20(18)32-22(25)27)33(28,29)24-10-3-4-11-24/h5-8,13-14H,3-4,9-12H2,1-2H3,(H,23,26). The number of carbonyl (C=O) groups excluding carboxylic acids is 1. The Bertz CT molecular complexity index is 1340. The van der Waals surface area contributed by atoms with Crippen molar-refractivity contribution in [2.75, 3.05) is 32.6 Å². The third-order valence-corrected chi connectivity index (χ3v) is 7.48. The molecule has 2 heterocycles. The van der Waals surface area contributed by atoms with Crippen LogP contribution < -0.4 is 20.5 Å². The zero-order valence-electron chi connectivity index (χ0n) is 18.4. The highest BCUT2D eigenvalue weighted by atomic mass is 32.2. The number of nitrogens with one attached hydrogen (secondary N) is 1. The molecule has 0 aliphatic carbocycles. The van der Waals surface area contributed by atoms with E-state index in [4.69, 9.17) is 13.9 Å². The van der Waals surface area contributed by atoms with Crippen LogP contribution in [0.4, 0.5) is 5.69 Å². The zero-order valence-corrected chi connectivity index (χ0v) is 19.2. The second kappa shape index (κ2) is 9.28. The number of methoxy groups -OCH3 is 2. The molecule has 1 aliphatic heterocycles. The number of rotatable bonds is 8. The van der Waals surface area contributed by atoms with Gasteiger partial charge in [-0.2, -0.15) is 4.31 Å². The van der Waals surface area contributed by atoms with E-state index in [0.717, 1.165) is 12.8 Å². The summed E-state index contributed by atoms with van der Waals surface area (Å²) < 4.78 is 44.0. The van der Waals surface area contributed by atoms with Gasteiger partial charge >= 0.3 is 5.76 Å². The molecule has 11 heteroatoms. The lowest BCUT2D eigenvalue weighted by Gasteiger charge is -2.15. The number of anilines is 1. The number of aryl methyl sites for hydroxylation is 1. The van der Waals surface area contributed by atoms with Gasteiger partial charge in [0.1, 0.15) is 11.5 Å². The molecule has 4 rings (SSSR count). The number of aromatic nitrogens is 1. The highest BCUT2D eigenvalue weighted by molar-refractivity contribution is 7.89. The number of fused-ring (bicyclic) bond motifs is 1. The molecule has 10 nitrogen and oxygen atoms in total. The van der Waals surface area contributed by atoms with Crippen molar-refractivity contribution in [1.29, 1.82) is 0 Å². The quantitative estimate of drug-likeness (QED) is 0.531. The molecule has 0 atom stereocenters. The summed E-state index contributed by atoms with van der Waals surface area (Å²) in [5.41, 5.74) is 1.03. The summed E-state index contributed by atoms with van der Waals surface area (Å²) in [6.07, 6.45) is 1.65. The molecule has 3 aromatic rings. The molecule has 0 unspecified atom stereocenters. The Morgan fingerprint density at radius 1 is 1.09 bits per heavy atom. The summed E-state index contributed by atoms with van der Waals surface area (Å²) in [5.74, 6) is 0.0353. The maximum absolute atomic E-state index is 12.8. The summed E-state index contributed by atoms with van der Waals surface area (Å²) in [5, 5.41) is 2.75. The van der Waals surface area contributed by atoms with E-state index in [2.05, 4.69) is 5.32 Å². The highest BCUT2D eigenvalue weighted by Crippen LogP contribution is 2.29. The molecule has 1 aromatic heterocycles. The molecule has 0 bridgehead atoms. The molecular formula is C22H25N3O7S. The molecule has 0 radical (unpaired) electrons. The van der Waals surface area contributed by atoms with Crippen LogP contribution in [0.5, 0.6) is 11.5 Å². The lowest BCUT2D eigenvalue weighted by molar-refractivity contribution is -0.116. The van der Waals surface area contributed by atoms with E-state index in [1.165, 1.54) is 41.3 Å². The van der Waals surface area contributed by atoms with Gasteiger partial charge in [0.25, 0.3) is 0 Å². The second-order valence-electron chi connectivity index (χ2n) is 7.62. The molecule has 1 aliphatic rings. The smallest absolute Gasteiger partial charge is 0.419 e. The number of nitrogens with zero attached hydrogens (tertiary/aromatic N) is 2. The van der Waals surface area contributed by atoms with Gasteiger partial charge in [0, 0.05) is 38.2 Å². The molecule has 176 valence electrons. The monoisotopic (exact) mass is 475 g/mol. The van der Waals surface area contributed by atoms with Gasteiger partial charge in [0.05, 0.1) is 30.3 Å². The average molecular weight is 476 g/mol. The minimum absolute atomic E-state index is 0.0112. The second-order valence-corrected chi connectivity index (χ2v) is 9.56. The average Bonchev–Trinajstić information content (AvgIpc) is 3.45. The van der Waals surface area contributed by atoms with Crippen molar-refractivity contribution in [2.24, 2.45) is 0 Å². The van der Waals surface area contributed by atoms with Crippen LogP contribution in [-0.2, 0) is 21.4 Å². The fourth-order valence-electron chi connectivity index (χ4n) is 3.83. The van der Waals surface area contributed by atoms with Crippen LogP contribution in [0.2, 0.25) is 0 Å². The topological polar surface area (TPSA) is 120 Å². The predicted molar refractivity (Wildman–Crippen MR) is 121 cm³/mol. The lowest BCUT2D eigenvalue weighted by Crippen LogP contribution is -2.27. The van der Waals surface area contributed by atoms with Gasteiger partial charge < -0.3 is 19.2 Å². The minimum Gasteiger partial charge on any atom is -0.497 e. The van der Waals surface area contributed by atoms with Crippen molar-refractivity contribution in [2.45, 2.75) is 30.7 Å². The largest absolute Gasteiger partial charge is 0.497 e. The first-order chi connectivity index (χ1) is 15.8. The Morgan fingerprint density at radius 2 is 1.85 bits per heavy atom. The van der Waals surface area contributed by atoms with E-state index >= 15 is 0 Å². The van der Waals surface area contributed by atoms with Gasteiger partial charge in [-0.3, -0.25) is 9.36 Å². The molecule has 1 N–H and O–H groups in total. The normalized spacial score (nSPS) is 14.5. The van der Waals surface area contributed by atoms with E-state index in [1.807, 2.05) is 0 Å². The maximum Gasteiger partial charge on any atom is 0.419 e. The van der Waals surface area contributed by atoms with Crippen LogP contribution in [0.1, 0.15) is 19.3 Å². The van der Waals surface area contributed by atoms with Crippen LogP contribution in [0.15, 0.2) is 50.5 Å². The molecule has 1 saturated heterocycles. The third kappa shape index (κ3) is 4.60. The number of ether oxygens (including phenoxy) is 2. The van der Waals surface area contributed by atoms with Crippen LogP contribution in [0.3, 0.4) is 0 Å². The van der Waals surface area contributed by atoms with Gasteiger partial charge in [-0.15, -0.1) is 0 Å². The van der Waals surface area contributed by atoms with Crippen molar-refractivity contribution >= 4 is 32.7 Å². The minimum atomic E-state index is -3.63. The van der Waals surface area contributed by atoms with Crippen molar-refractivity contribution in [3.8, 4) is 11.5 Å². The van der Waals surface area contributed by atoms with Crippen molar-refractivity contribution in [3.05, 3.63) is 46.9 Å². The summed E-state index contributed by atoms with van der Waals surface area (Å²) >= 11 is 0. The van der Waals surface area contributed by atoms with Crippen LogP contribution >= 0.6 is 0 Å². The number of hydrogen-bond acceptors (Lipinski definition) is 7. The summed E-state index contributed by atoms with van der Waals surface area (Å²) in [7, 11) is -0.618. The number of benzene rings is 2. The Balaban J connectivity index is 1.51. The Labute approximate surface area is 190 Å². The highest BCUT2D eigenvalue weighted by Gasteiger charge is 2.28. The Kier molecular flexibility index (Phi) is 6.43. The third-order valence-electron chi connectivity index (χ3n) is 5.59. The zero-order chi connectivity index (χ0) is 23.6. The van der Waals surface area contributed by atoms with Gasteiger partial charge in [0.2, 0.25) is 15.9 Å². The molecule has 2 aromatic carbocycles. The van der Waals surface area contributed by atoms with Crippen molar-refractivity contribution < 1.29 is 27.1 Å². The molecule has 1 fully saturated rings. The lowest BCUT2D eigenvalue weighted by atomic mass is 10.2. The first-order valence-electron chi connectivity index (χ1n) is 10.5. The van der Waals surface area contributed by atoms with Crippen molar-refractivity contribution in [3.63, 3.8) is 0 Å². The van der Waals surface area contributed by atoms with Crippen molar-refractivity contribution in [1.82, 2.24) is 8.87 Å². The number of carbonyl (C=O) groups is 1. The summed E-state index contributed by atoms with van der Waals surface area (Å²) in [4.78, 5) is 25.0. The predicted octanol–water partition coefficient (Wildman–Crippen LogP) is 2.42. The van der Waals surface area contributed by atoms with E-state index in [-0.39, 0.29) is 29.4 Å². The molecular weight excluding hydrogens is 450 g/mol. The fraction of sp³-hybridized carbons (Fsp3) is 0.364. The van der Waals surface area contributed by atoms with Gasteiger partial charge in [-0.25, -0.2) is 13.2 Å². The number of hydrogen-bond donors (Lipinski definition) is 1. The molecule has 0 saturated carbocycles. The van der Waals surface area contributed by atoms with Gasteiger partial charge in [-0.1, -0.05) is 0 Å². The van der Waals surface area contributed by atoms with E-state index in [9.17, 15) is 18.0 Å². The number of sulfonamides is 1. The van der Waals surface area contributed by atoms with Gasteiger partial charge in [-0.05, 0) is 37.1 Å². The van der Waals surface area contributed by atoms with E-state index in [1.54, 1.807) is 18.2 Å². The van der Waals surface area contributed by atoms with Gasteiger partial charge in [0.15, 0.2) is 5.58 Å². The summed E-state index contributed by atoms with van der Waals surface area (Å²) in [6.45, 7) is 1.03. The molecule has 33 heavy (non-hydrogen) atoms. The first kappa shape index (κ1) is 22.9. The molecule has 0 spiro atoms. The fourth-order valence-corrected chi connectivity index (χ4v) is 5.37. The van der Waals surface area contributed by atoms with Crippen LogP contribution in [-0.4, -0.2) is 50.5 Å². The van der Waals surface area contributed by atoms with Crippen LogP contribution in [0.25, 0.3) is 11.1 Å². The first-order valence-corrected chi connectivity index (χ1v) is 11.9. The van der Waals surface area contributed by atoms with Crippen LogP contribution in [0, 0.1) is 0 Å². The molecule has 1 amide bonds. The number of oxazole rings is 1. The summed E-state index contributed by atoms with van der Waals surface area (Å²) in [6, 6.07) is 9.38. The SMILES string of the molecule is COc1ccc(OC)c(NC(=O)CCn2c(=O)oc3cc(S(=O)(=O)N4CCCC4)ccc32)c1.